The van der Waals surface area contributed by atoms with Crippen LogP contribution in [0.2, 0.25) is 10.0 Å². The normalized spacial score (nSPS) is 11.4. The molecule has 1 amide bonds. The van der Waals surface area contributed by atoms with Crippen LogP contribution in [-0.2, 0) is 21.2 Å². The summed E-state index contributed by atoms with van der Waals surface area (Å²) in [5, 5.41) is 3.73. The quantitative estimate of drug-likeness (QED) is 0.750. The number of nitrogens with one attached hydrogen (secondary N) is 2. The van der Waals surface area contributed by atoms with Crippen molar-refractivity contribution < 1.29 is 13.2 Å². The van der Waals surface area contributed by atoms with E-state index in [1.165, 1.54) is 0 Å². The van der Waals surface area contributed by atoms with Gasteiger partial charge in [-0.1, -0.05) is 36.2 Å². The minimum Gasteiger partial charge on any atom is -0.355 e. The van der Waals surface area contributed by atoms with Crippen molar-refractivity contribution in [1.82, 2.24) is 10.0 Å². The number of hydrogen-bond acceptors (Lipinski definition) is 3. The van der Waals surface area contributed by atoms with E-state index in [-0.39, 0.29) is 18.2 Å². The number of carbonyl (C=O) groups excluding carboxylic acids is 1. The van der Waals surface area contributed by atoms with Crippen molar-refractivity contribution in [3.05, 3.63) is 33.8 Å². The van der Waals surface area contributed by atoms with Gasteiger partial charge in [0.05, 0.1) is 12.3 Å². The van der Waals surface area contributed by atoms with Crippen molar-refractivity contribution in [3.63, 3.8) is 0 Å². The van der Waals surface area contributed by atoms with Crippen LogP contribution in [0.25, 0.3) is 0 Å². The number of hydrogen-bond donors (Lipinski definition) is 2. The van der Waals surface area contributed by atoms with E-state index in [1.807, 2.05) is 0 Å². The summed E-state index contributed by atoms with van der Waals surface area (Å²) >= 11 is 11.8. The van der Waals surface area contributed by atoms with Crippen LogP contribution in [0.15, 0.2) is 18.2 Å². The first-order chi connectivity index (χ1) is 9.84. The van der Waals surface area contributed by atoms with Crippen molar-refractivity contribution in [2.75, 3.05) is 18.8 Å². The number of rotatable bonds is 8. The van der Waals surface area contributed by atoms with Crippen LogP contribution >= 0.6 is 23.2 Å². The van der Waals surface area contributed by atoms with Crippen LogP contribution in [0.5, 0.6) is 0 Å². The molecule has 0 spiro atoms. The lowest BCUT2D eigenvalue weighted by Gasteiger charge is -2.08. The number of carbonyl (C=O) groups is 1. The second kappa shape index (κ2) is 8.58. The van der Waals surface area contributed by atoms with Gasteiger partial charge in [-0.05, 0) is 30.5 Å². The lowest BCUT2D eigenvalue weighted by molar-refractivity contribution is -0.119. The van der Waals surface area contributed by atoms with Crippen molar-refractivity contribution in [2.24, 2.45) is 0 Å². The monoisotopic (exact) mass is 352 g/mol. The summed E-state index contributed by atoms with van der Waals surface area (Å²) in [4.78, 5) is 11.5. The molecule has 0 unspecified atom stereocenters. The molecule has 0 aliphatic rings. The van der Waals surface area contributed by atoms with Gasteiger partial charge < -0.3 is 5.32 Å². The zero-order valence-electron chi connectivity index (χ0n) is 11.7. The number of amides is 1. The zero-order chi connectivity index (χ0) is 15.9. The summed E-state index contributed by atoms with van der Waals surface area (Å²) in [5.74, 6) is -0.361. The molecule has 0 bridgehead atoms. The van der Waals surface area contributed by atoms with Gasteiger partial charge in [0.1, 0.15) is 0 Å². The Bertz CT molecular complexity index is 591. The third kappa shape index (κ3) is 7.13. The smallest absolute Gasteiger partial charge is 0.235 e. The van der Waals surface area contributed by atoms with Gasteiger partial charge in [0, 0.05) is 16.6 Å². The number of halogens is 2. The Balaban J connectivity index is 2.34. The van der Waals surface area contributed by atoms with Gasteiger partial charge in [-0.15, -0.1) is 0 Å². The minimum atomic E-state index is -3.36. The average molecular weight is 353 g/mol. The molecule has 1 aromatic rings. The number of sulfonamides is 1. The molecule has 2 N–H and O–H groups in total. The van der Waals surface area contributed by atoms with Crippen molar-refractivity contribution in [2.45, 2.75) is 19.8 Å². The third-order valence-electron chi connectivity index (χ3n) is 2.66. The highest BCUT2D eigenvalue weighted by Crippen LogP contribution is 2.20. The molecule has 0 saturated heterocycles. The predicted molar refractivity (Wildman–Crippen MR) is 85.3 cm³/mol. The highest BCUT2D eigenvalue weighted by atomic mass is 35.5. The first kappa shape index (κ1) is 18.2. The summed E-state index contributed by atoms with van der Waals surface area (Å²) in [6.07, 6.45) is 1.05. The average Bonchev–Trinajstić information content (AvgIpc) is 2.39. The molecule has 5 nitrogen and oxygen atoms in total. The molecule has 0 radical (unpaired) electrons. The number of benzene rings is 1. The van der Waals surface area contributed by atoms with Gasteiger partial charge in [0.25, 0.3) is 0 Å². The van der Waals surface area contributed by atoms with Gasteiger partial charge in [0.2, 0.25) is 15.9 Å². The zero-order valence-corrected chi connectivity index (χ0v) is 14.0. The Morgan fingerprint density at radius 2 is 2.00 bits per heavy atom. The van der Waals surface area contributed by atoms with Crippen LogP contribution < -0.4 is 10.0 Å². The Kier molecular flexibility index (Phi) is 7.45. The molecular weight excluding hydrogens is 335 g/mol. The summed E-state index contributed by atoms with van der Waals surface area (Å²) in [5.41, 5.74) is 0.868. The minimum absolute atomic E-state index is 0.0145. The Hall–Kier alpha value is -0.820. The van der Waals surface area contributed by atoms with Crippen LogP contribution in [0.3, 0.4) is 0 Å². The van der Waals surface area contributed by atoms with Gasteiger partial charge >= 0.3 is 0 Å². The first-order valence-electron chi connectivity index (χ1n) is 6.52. The van der Waals surface area contributed by atoms with E-state index in [0.717, 1.165) is 5.56 Å². The molecule has 8 heteroatoms. The van der Waals surface area contributed by atoms with E-state index in [4.69, 9.17) is 23.2 Å². The van der Waals surface area contributed by atoms with Crippen molar-refractivity contribution in [3.8, 4) is 0 Å². The Morgan fingerprint density at radius 1 is 1.29 bits per heavy atom. The lowest BCUT2D eigenvalue weighted by atomic mass is 10.1. The van der Waals surface area contributed by atoms with Gasteiger partial charge in [-0.3, -0.25) is 4.79 Å². The van der Waals surface area contributed by atoms with Crippen LogP contribution in [0.1, 0.15) is 18.9 Å². The highest BCUT2D eigenvalue weighted by Gasteiger charge is 2.10. The molecule has 0 aliphatic carbocycles. The Morgan fingerprint density at radius 3 is 2.62 bits per heavy atom. The summed E-state index contributed by atoms with van der Waals surface area (Å²) in [7, 11) is -3.36. The molecule has 118 valence electrons. The second-order valence-corrected chi connectivity index (χ2v) is 7.25. The fourth-order valence-electron chi connectivity index (χ4n) is 1.64. The van der Waals surface area contributed by atoms with Crippen molar-refractivity contribution in [1.29, 1.82) is 0 Å². The second-order valence-electron chi connectivity index (χ2n) is 4.48. The maximum Gasteiger partial charge on any atom is 0.235 e. The summed E-state index contributed by atoms with van der Waals surface area (Å²) in [6.45, 7) is 1.88. The molecule has 0 saturated carbocycles. The molecule has 1 aromatic carbocycles. The molecule has 0 aromatic heterocycles. The maximum absolute atomic E-state index is 11.5. The molecular formula is C13H18Cl2N2O3S. The standard InChI is InChI=1S/C13H18Cl2N2O3S/c1-2-7-21(19,20)17-9-13(18)16-6-5-10-3-4-11(14)8-12(10)15/h3-4,8,17H,2,5-7,9H2,1H3,(H,16,18). The topological polar surface area (TPSA) is 75.3 Å². The van der Waals surface area contributed by atoms with Gasteiger partial charge in [0.15, 0.2) is 0 Å². The first-order valence-corrected chi connectivity index (χ1v) is 8.93. The molecule has 0 fully saturated rings. The van der Waals surface area contributed by atoms with Gasteiger partial charge in [-0.2, -0.15) is 0 Å². The molecule has 1 rings (SSSR count). The Labute approximate surface area is 135 Å². The van der Waals surface area contributed by atoms with Crippen LogP contribution in [0, 0.1) is 0 Å². The molecule has 21 heavy (non-hydrogen) atoms. The predicted octanol–water partition coefficient (Wildman–Crippen LogP) is 1.98. The summed E-state index contributed by atoms with van der Waals surface area (Å²) in [6, 6.07) is 5.16. The SMILES string of the molecule is CCCS(=O)(=O)NCC(=O)NCCc1ccc(Cl)cc1Cl. The van der Waals surface area contributed by atoms with E-state index >= 15 is 0 Å². The maximum atomic E-state index is 11.5. The van der Waals surface area contributed by atoms with E-state index in [9.17, 15) is 13.2 Å². The molecule has 0 aliphatic heterocycles. The fraction of sp³-hybridized carbons (Fsp3) is 0.462. The van der Waals surface area contributed by atoms with E-state index in [0.29, 0.717) is 29.4 Å². The highest BCUT2D eigenvalue weighted by molar-refractivity contribution is 7.89. The van der Waals surface area contributed by atoms with E-state index in [1.54, 1.807) is 25.1 Å². The van der Waals surface area contributed by atoms with Crippen LogP contribution in [-0.4, -0.2) is 33.2 Å². The van der Waals surface area contributed by atoms with Crippen LogP contribution in [0.4, 0.5) is 0 Å². The van der Waals surface area contributed by atoms with Crippen molar-refractivity contribution >= 4 is 39.1 Å². The lowest BCUT2D eigenvalue weighted by Crippen LogP contribution is -2.38. The molecule has 0 heterocycles. The van der Waals surface area contributed by atoms with Gasteiger partial charge in [-0.25, -0.2) is 13.1 Å². The summed E-state index contributed by atoms with van der Waals surface area (Å²) < 4.78 is 25.0. The molecule has 0 atom stereocenters. The largest absolute Gasteiger partial charge is 0.355 e. The third-order valence-corrected chi connectivity index (χ3v) is 4.77. The fourth-order valence-corrected chi connectivity index (χ4v) is 3.18. The van der Waals surface area contributed by atoms with E-state index < -0.39 is 10.0 Å². The van der Waals surface area contributed by atoms with E-state index in [2.05, 4.69) is 10.0 Å².